The van der Waals surface area contributed by atoms with E-state index in [1.165, 1.54) is 65.6 Å². The number of hydrogen-bond acceptors (Lipinski definition) is 0. The molecular weight excluding hydrogens is 412 g/mol. The molecule has 7 aromatic rings. The van der Waals surface area contributed by atoms with Crippen molar-refractivity contribution in [3.05, 3.63) is 103 Å². The topological polar surface area (TPSA) is 20.7 Å². The first-order valence-electron chi connectivity index (χ1n) is 12.0. The fourth-order valence-corrected chi connectivity index (χ4v) is 5.44. The first-order chi connectivity index (χ1) is 16.5. The third-order valence-corrected chi connectivity index (χ3v) is 7.25. The van der Waals surface area contributed by atoms with Gasteiger partial charge in [-0.1, -0.05) is 75.4 Å². The van der Waals surface area contributed by atoms with Crippen LogP contribution in [-0.4, -0.2) is 9.55 Å². The molecule has 0 saturated carbocycles. The van der Waals surface area contributed by atoms with Crippen molar-refractivity contribution in [2.75, 3.05) is 0 Å². The molecule has 0 amide bonds. The molecule has 0 unspecified atom stereocenters. The molecule has 0 aliphatic rings. The largest absolute Gasteiger partial charge is 0.354 e. The highest BCUT2D eigenvalue weighted by Crippen LogP contribution is 2.38. The zero-order valence-corrected chi connectivity index (χ0v) is 19.7. The minimum absolute atomic E-state index is 0.138. The monoisotopic (exact) mass is 438 g/mol. The van der Waals surface area contributed by atoms with Crippen LogP contribution in [0.2, 0.25) is 0 Å². The van der Waals surface area contributed by atoms with Crippen LogP contribution in [0.5, 0.6) is 0 Å². The number of nitrogens with zero attached hydrogens (tertiary/aromatic N) is 1. The van der Waals surface area contributed by atoms with Crippen molar-refractivity contribution >= 4 is 54.4 Å². The summed E-state index contributed by atoms with van der Waals surface area (Å²) in [6.45, 7) is 6.79. The maximum Gasteiger partial charge on any atom is 0.0562 e. The quantitative estimate of drug-likeness (QED) is 0.264. The molecule has 2 nitrogen and oxygen atoms in total. The van der Waals surface area contributed by atoms with Crippen LogP contribution in [0, 0.1) is 0 Å². The van der Waals surface area contributed by atoms with E-state index in [1.807, 2.05) is 0 Å². The number of fused-ring (bicyclic) bond motifs is 7. The summed E-state index contributed by atoms with van der Waals surface area (Å²) in [5.41, 5.74) is 7.51. The van der Waals surface area contributed by atoms with Gasteiger partial charge in [0, 0.05) is 38.3 Å². The van der Waals surface area contributed by atoms with Gasteiger partial charge in [0.25, 0.3) is 0 Å². The van der Waals surface area contributed by atoms with Crippen LogP contribution in [-0.2, 0) is 5.41 Å². The van der Waals surface area contributed by atoms with Gasteiger partial charge < -0.3 is 9.55 Å². The molecule has 0 spiro atoms. The Hall–Kier alpha value is -4.04. The number of aromatic amines is 1. The molecule has 7 rings (SSSR count). The van der Waals surface area contributed by atoms with E-state index in [0.717, 1.165) is 0 Å². The summed E-state index contributed by atoms with van der Waals surface area (Å²) in [6, 6.07) is 35.7. The zero-order chi connectivity index (χ0) is 23.0. The molecule has 34 heavy (non-hydrogen) atoms. The van der Waals surface area contributed by atoms with Gasteiger partial charge in [0.05, 0.1) is 11.0 Å². The van der Waals surface area contributed by atoms with E-state index >= 15 is 0 Å². The average Bonchev–Trinajstić information content (AvgIpc) is 3.35. The Balaban J connectivity index is 1.56. The number of para-hydroxylation sites is 1. The third kappa shape index (κ3) is 2.75. The van der Waals surface area contributed by atoms with E-state index < -0.39 is 0 Å². The van der Waals surface area contributed by atoms with E-state index in [9.17, 15) is 0 Å². The SMILES string of the molecule is CC(C)(C)c1ccc(-n2c3ccccc3c3cc4c(cc32)[nH]c2cc3ccccc3cc24)cc1. The van der Waals surface area contributed by atoms with Crippen LogP contribution in [0.15, 0.2) is 97.1 Å². The minimum atomic E-state index is 0.138. The standard InChI is InChI=1S/C32H26N2/c1-32(2,3)22-12-14-23(15-13-22)34-30-11-7-6-10-24(30)27-18-26-25-16-20-8-4-5-9-21(20)17-28(25)33-29(26)19-31(27)34/h4-19,33H,1-3H3. The molecule has 5 aromatic carbocycles. The normalized spacial score (nSPS) is 12.6. The molecule has 0 bridgehead atoms. The molecular formula is C32H26N2. The fraction of sp³-hybridized carbons (Fsp3) is 0.125. The molecule has 0 atom stereocenters. The lowest BCUT2D eigenvalue weighted by molar-refractivity contribution is 0.590. The van der Waals surface area contributed by atoms with Crippen LogP contribution in [0.1, 0.15) is 26.3 Å². The Labute approximate surface area is 198 Å². The van der Waals surface area contributed by atoms with Crippen molar-refractivity contribution in [1.29, 1.82) is 0 Å². The average molecular weight is 439 g/mol. The number of hydrogen-bond donors (Lipinski definition) is 1. The second-order valence-electron chi connectivity index (χ2n) is 10.4. The highest BCUT2D eigenvalue weighted by molar-refractivity contribution is 6.19. The zero-order valence-electron chi connectivity index (χ0n) is 19.7. The van der Waals surface area contributed by atoms with Gasteiger partial charge in [-0.25, -0.2) is 0 Å². The first-order valence-corrected chi connectivity index (χ1v) is 12.0. The van der Waals surface area contributed by atoms with Gasteiger partial charge in [0.2, 0.25) is 0 Å². The van der Waals surface area contributed by atoms with E-state index in [-0.39, 0.29) is 5.41 Å². The van der Waals surface area contributed by atoms with E-state index in [4.69, 9.17) is 0 Å². The maximum absolute atomic E-state index is 3.70. The van der Waals surface area contributed by atoms with Gasteiger partial charge >= 0.3 is 0 Å². The Kier molecular flexibility index (Phi) is 3.85. The number of nitrogens with one attached hydrogen (secondary N) is 1. The molecule has 1 N–H and O–H groups in total. The lowest BCUT2D eigenvalue weighted by Crippen LogP contribution is -2.10. The highest BCUT2D eigenvalue weighted by atomic mass is 15.0. The van der Waals surface area contributed by atoms with Gasteiger partial charge in [-0.2, -0.15) is 0 Å². The fourth-order valence-electron chi connectivity index (χ4n) is 5.44. The van der Waals surface area contributed by atoms with E-state index in [1.54, 1.807) is 0 Å². The van der Waals surface area contributed by atoms with Crippen molar-refractivity contribution < 1.29 is 0 Å². The molecule has 2 heterocycles. The second-order valence-corrected chi connectivity index (χ2v) is 10.4. The Morgan fingerprint density at radius 2 is 1.21 bits per heavy atom. The van der Waals surface area contributed by atoms with Crippen LogP contribution >= 0.6 is 0 Å². The summed E-state index contributed by atoms with van der Waals surface area (Å²) in [5.74, 6) is 0. The van der Waals surface area contributed by atoms with Gasteiger partial charge in [-0.15, -0.1) is 0 Å². The van der Waals surface area contributed by atoms with Gasteiger partial charge in [-0.05, 0) is 64.2 Å². The lowest BCUT2D eigenvalue weighted by atomic mass is 9.87. The summed E-state index contributed by atoms with van der Waals surface area (Å²) in [6.07, 6.45) is 0. The highest BCUT2D eigenvalue weighted by Gasteiger charge is 2.17. The van der Waals surface area contributed by atoms with Crippen molar-refractivity contribution in [3.63, 3.8) is 0 Å². The Bertz CT molecular complexity index is 1870. The molecule has 0 saturated heterocycles. The third-order valence-electron chi connectivity index (χ3n) is 7.25. The summed E-state index contributed by atoms with van der Waals surface area (Å²) < 4.78 is 2.40. The van der Waals surface area contributed by atoms with Gasteiger partial charge in [-0.3, -0.25) is 0 Å². The summed E-state index contributed by atoms with van der Waals surface area (Å²) in [7, 11) is 0. The van der Waals surface area contributed by atoms with E-state index in [0.29, 0.717) is 0 Å². The lowest BCUT2D eigenvalue weighted by Gasteiger charge is -2.19. The van der Waals surface area contributed by atoms with Crippen LogP contribution in [0.25, 0.3) is 60.1 Å². The molecule has 0 aliphatic heterocycles. The van der Waals surface area contributed by atoms with Gasteiger partial charge in [0.15, 0.2) is 0 Å². The van der Waals surface area contributed by atoms with Crippen molar-refractivity contribution in [2.24, 2.45) is 0 Å². The summed E-state index contributed by atoms with van der Waals surface area (Å²) in [5, 5.41) is 7.67. The minimum Gasteiger partial charge on any atom is -0.354 e. The van der Waals surface area contributed by atoms with Crippen LogP contribution in [0.3, 0.4) is 0 Å². The van der Waals surface area contributed by atoms with Crippen LogP contribution in [0.4, 0.5) is 0 Å². The molecule has 2 aromatic heterocycles. The van der Waals surface area contributed by atoms with Crippen molar-refractivity contribution in [3.8, 4) is 5.69 Å². The van der Waals surface area contributed by atoms with Crippen LogP contribution < -0.4 is 0 Å². The molecule has 164 valence electrons. The molecule has 0 aliphatic carbocycles. The van der Waals surface area contributed by atoms with Crippen molar-refractivity contribution in [1.82, 2.24) is 9.55 Å². The first kappa shape index (κ1) is 19.4. The summed E-state index contributed by atoms with van der Waals surface area (Å²) >= 11 is 0. The predicted molar refractivity (Wildman–Crippen MR) is 146 cm³/mol. The smallest absolute Gasteiger partial charge is 0.0562 e. The maximum atomic E-state index is 3.70. The number of benzene rings is 5. The second kappa shape index (κ2) is 6.74. The van der Waals surface area contributed by atoms with Gasteiger partial charge in [0.1, 0.15) is 0 Å². The molecule has 2 heteroatoms. The van der Waals surface area contributed by atoms with Crippen molar-refractivity contribution in [2.45, 2.75) is 26.2 Å². The number of rotatable bonds is 1. The number of aromatic nitrogens is 2. The summed E-state index contributed by atoms with van der Waals surface area (Å²) in [4.78, 5) is 3.70. The predicted octanol–water partition coefficient (Wildman–Crippen LogP) is 8.87. The van der Waals surface area contributed by atoms with E-state index in [2.05, 4.69) is 127 Å². The Morgan fingerprint density at radius 1 is 0.559 bits per heavy atom. The Morgan fingerprint density at radius 3 is 1.97 bits per heavy atom. The number of H-pyrrole nitrogens is 1. The molecule has 0 radical (unpaired) electrons. The molecule has 0 fully saturated rings.